The standard InChI is InChI=1S/C14H21NO2/c1-3-17-10-4-9-15-11-13-5-7-14(8-6-13)12-16-2/h3,5-8,15H,1,4,9-12H2,2H3. The molecule has 0 amide bonds. The van der Waals surface area contributed by atoms with Crippen LogP contribution in [0.25, 0.3) is 0 Å². The molecule has 0 radical (unpaired) electrons. The highest BCUT2D eigenvalue weighted by Crippen LogP contribution is 2.05. The fourth-order valence-electron chi connectivity index (χ4n) is 1.52. The molecule has 0 spiro atoms. The summed E-state index contributed by atoms with van der Waals surface area (Å²) in [6, 6.07) is 8.45. The average Bonchev–Trinajstić information content (AvgIpc) is 2.36. The number of rotatable bonds is 9. The zero-order valence-electron chi connectivity index (χ0n) is 10.4. The zero-order chi connectivity index (χ0) is 12.3. The lowest BCUT2D eigenvalue weighted by molar-refractivity contribution is 0.185. The van der Waals surface area contributed by atoms with E-state index in [1.807, 2.05) is 0 Å². The minimum atomic E-state index is 0.673. The first-order valence-corrected chi connectivity index (χ1v) is 5.87. The summed E-state index contributed by atoms with van der Waals surface area (Å²) in [5.74, 6) is 0. The SMILES string of the molecule is C=COCCCNCc1ccc(COC)cc1. The van der Waals surface area contributed by atoms with E-state index < -0.39 is 0 Å². The molecule has 0 saturated heterocycles. The Bertz CT molecular complexity index is 309. The van der Waals surface area contributed by atoms with E-state index in [4.69, 9.17) is 9.47 Å². The largest absolute Gasteiger partial charge is 0.502 e. The van der Waals surface area contributed by atoms with Crippen LogP contribution < -0.4 is 5.32 Å². The van der Waals surface area contributed by atoms with E-state index in [-0.39, 0.29) is 0 Å². The summed E-state index contributed by atoms with van der Waals surface area (Å²) in [6.45, 7) is 6.74. The maximum absolute atomic E-state index is 5.07. The first kappa shape index (κ1) is 13.7. The second kappa shape index (κ2) is 8.79. The van der Waals surface area contributed by atoms with Gasteiger partial charge in [0, 0.05) is 13.7 Å². The van der Waals surface area contributed by atoms with Crippen LogP contribution >= 0.6 is 0 Å². The monoisotopic (exact) mass is 235 g/mol. The van der Waals surface area contributed by atoms with E-state index in [1.165, 1.54) is 17.4 Å². The lowest BCUT2D eigenvalue weighted by Crippen LogP contribution is -2.15. The highest BCUT2D eigenvalue weighted by molar-refractivity contribution is 5.21. The Hall–Kier alpha value is -1.32. The molecule has 0 heterocycles. The molecule has 0 aliphatic carbocycles. The molecule has 0 unspecified atom stereocenters. The van der Waals surface area contributed by atoms with Gasteiger partial charge in [0.1, 0.15) is 0 Å². The predicted molar refractivity (Wildman–Crippen MR) is 69.6 cm³/mol. The molecule has 3 nitrogen and oxygen atoms in total. The van der Waals surface area contributed by atoms with Gasteiger partial charge in [-0.3, -0.25) is 0 Å². The van der Waals surface area contributed by atoms with E-state index in [9.17, 15) is 0 Å². The Morgan fingerprint density at radius 1 is 1.24 bits per heavy atom. The molecular weight excluding hydrogens is 214 g/mol. The van der Waals surface area contributed by atoms with E-state index in [0.29, 0.717) is 6.61 Å². The van der Waals surface area contributed by atoms with Crippen LogP contribution in [0.3, 0.4) is 0 Å². The molecule has 0 saturated carbocycles. The summed E-state index contributed by atoms with van der Waals surface area (Å²) >= 11 is 0. The van der Waals surface area contributed by atoms with Crippen molar-refractivity contribution in [1.29, 1.82) is 0 Å². The van der Waals surface area contributed by atoms with Crippen LogP contribution in [0.2, 0.25) is 0 Å². The van der Waals surface area contributed by atoms with Gasteiger partial charge in [-0.25, -0.2) is 0 Å². The van der Waals surface area contributed by atoms with E-state index >= 15 is 0 Å². The predicted octanol–water partition coefficient (Wildman–Crippen LogP) is 2.47. The van der Waals surface area contributed by atoms with Gasteiger partial charge < -0.3 is 14.8 Å². The Morgan fingerprint density at radius 2 is 1.94 bits per heavy atom. The van der Waals surface area contributed by atoms with Crippen molar-refractivity contribution in [2.24, 2.45) is 0 Å². The molecule has 1 aromatic rings. The average molecular weight is 235 g/mol. The number of ether oxygens (including phenoxy) is 2. The van der Waals surface area contributed by atoms with Gasteiger partial charge in [0.25, 0.3) is 0 Å². The molecule has 0 atom stereocenters. The van der Waals surface area contributed by atoms with Crippen molar-refractivity contribution in [1.82, 2.24) is 5.32 Å². The summed E-state index contributed by atoms with van der Waals surface area (Å²) in [7, 11) is 1.71. The number of nitrogens with one attached hydrogen (secondary N) is 1. The fraction of sp³-hybridized carbons (Fsp3) is 0.429. The normalized spacial score (nSPS) is 10.2. The van der Waals surface area contributed by atoms with Crippen LogP contribution in [0.4, 0.5) is 0 Å². The number of methoxy groups -OCH3 is 1. The van der Waals surface area contributed by atoms with Gasteiger partial charge in [0.15, 0.2) is 0 Å². The van der Waals surface area contributed by atoms with Crippen molar-refractivity contribution in [3.63, 3.8) is 0 Å². The van der Waals surface area contributed by atoms with Gasteiger partial charge >= 0.3 is 0 Å². The van der Waals surface area contributed by atoms with Crippen LogP contribution in [0.5, 0.6) is 0 Å². The third-order valence-corrected chi connectivity index (χ3v) is 2.40. The van der Waals surface area contributed by atoms with Gasteiger partial charge in [0.2, 0.25) is 0 Å². The third kappa shape index (κ3) is 6.09. The third-order valence-electron chi connectivity index (χ3n) is 2.40. The van der Waals surface area contributed by atoms with Gasteiger partial charge in [-0.15, -0.1) is 0 Å². The van der Waals surface area contributed by atoms with Crippen LogP contribution in [0.15, 0.2) is 37.1 Å². The van der Waals surface area contributed by atoms with Crippen LogP contribution in [0.1, 0.15) is 17.5 Å². The fourth-order valence-corrected chi connectivity index (χ4v) is 1.52. The van der Waals surface area contributed by atoms with Crippen molar-refractivity contribution >= 4 is 0 Å². The summed E-state index contributed by atoms with van der Waals surface area (Å²) in [5.41, 5.74) is 2.49. The lowest BCUT2D eigenvalue weighted by Gasteiger charge is -2.06. The Kier molecular flexibility index (Phi) is 7.11. The molecule has 0 aliphatic rings. The van der Waals surface area contributed by atoms with E-state index in [2.05, 4.69) is 36.2 Å². The Labute approximate surface area is 103 Å². The van der Waals surface area contributed by atoms with Gasteiger partial charge in [-0.05, 0) is 24.1 Å². The molecule has 1 rings (SSSR count). The van der Waals surface area contributed by atoms with E-state index in [0.717, 1.165) is 26.1 Å². The molecule has 0 fully saturated rings. The summed E-state index contributed by atoms with van der Waals surface area (Å²) in [4.78, 5) is 0. The number of benzene rings is 1. The molecule has 0 aromatic heterocycles. The number of hydrogen-bond acceptors (Lipinski definition) is 3. The Morgan fingerprint density at radius 3 is 2.59 bits per heavy atom. The number of hydrogen-bond donors (Lipinski definition) is 1. The smallest absolute Gasteiger partial charge is 0.0885 e. The molecule has 94 valence electrons. The molecule has 3 heteroatoms. The van der Waals surface area contributed by atoms with Gasteiger partial charge in [-0.2, -0.15) is 0 Å². The minimum absolute atomic E-state index is 0.673. The maximum atomic E-state index is 5.07. The minimum Gasteiger partial charge on any atom is -0.502 e. The van der Waals surface area contributed by atoms with Crippen LogP contribution in [-0.2, 0) is 22.6 Å². The van der Waals surface area contributed by atoms with E-state index in [1.54, 1.807) is 7.11 Å². The van der Waals surface area contributed by atoms with Crippen molar-refractivity contribution in [2.75, 3.05) is 20.3 Å². The highest BCUT2D eigenvalue weighted by atomic mass is 16.5. The summed E-state index contributed by atoms with van der Waals surface area (Å²) in [5, 5.41) is 3.37. The lowest BCUT2D eigenvalue weighted by atomic mass is 10.1. The van der Waals surface area contributed by atoms with Gasteiger partial charge in [0.05, 0.1) is 19.5 Å². The molecule has 17 heavy (non-hydrogen) atoms. The summed E-state index contributed by atoms with van der Waals surface area (Å²) in [6.07, 6.45) is 2.47. The van der Waals surface area contributed by atoms with Crippen molar-refractivity contribution < 1.29 is 9.47 Å². The molecule has 0 bridgehead atoms. The van der Waals surface area contributed by atoms with Crippen molar-refractivity contribution in [3.8, 4) is 0 Å². The van der Waals surface area contributed by atoms with Crippen molar-refractivity contribution in [2.45, 2.75) is 19.6 Å². The van der Waals surface area contributed by atoms with Crippen molar-refractivity contribution in [3.05, 3.63) is 48.2 Å². The molecular formula is C14H21NO2. The highest BCUT2D eigenvalue weighted by Gasteiger charge is 1.94. The maximum Gasteiger partial charge on any atom is 0.0885 e. The topological polar surface area (TPSA) is 30.5 Å². The molecule has 0 aliphatic heterocycles. The molecule has 1 N–H and O–H groups in total. The quantitative estimate of drug-likeness (QED) is 0.527. The van der Waals surface area contributed by atoms with Gasteiger partial charge in [-0.1, -0.05) is 30.8 Å². The second-order valence-electron chi connectivity index (χ2n) is 3.82. The zero-order valence-corrected chi connectivity index (χ0v) is 10.4. The van der Waals surface area contributed by atoms with Crippen LogP contribution in [-0.4, -0.2) is 20.3 Å². The van der Waals surface area contributed by atoms with Crippen LogP contribution in [0, 0.1) is 0 Å². The molecule has 1 aromatic carbocycles. The first-order valence-electron chi connectivity index (χ1n) is 5.87. The second-order valence-corrected chi connectivity index (χ2v) is 3.82. The summed E-state index contributed by atoms with van der Waals surface area (Å²) < 4.78 is 10.1. The first-order chi connectivity index (χ1) is 8.36. The Balaban J connectivity index is 2.16.